The van der Waals surface area contributed by atoms with Crippen molar-refractivity contribution in [3.63, 3.8) is 0 Å². The fourth-order valence-electron chi connectivity index (χ4n) is 4.89. The molecule has 0 spiro atoms. The van der Waals surface area contributed by atoms with Gasteiger partial charge in [-0.1, -0.05) is 135 Å². The van der Waals surface area contributed by atoms with Gasteiger partial charge in [-0.3, -0.25) is 6.08 Å². The van der Waals surface area contributed by atoms with Crippen LogP contribution in [0.5, 0.6) is 0 Å². The molecule has 1 unspecified atom stereocenters. The van der Waals surface area contributed by atoms with E-state index in [1.807, 2.05) is 30.3 Å². The van der Waals surface area contributed by atoms with Gasteiger partial charge in [-0.05, 0) is 17.4 Å². The second-order valence-corrected chi connectivity index (χ2v) is 14.3. The van der Waals surface area contributed by atoms with Crippen LogP contribution in [0.25, 0.3) is 11.1 Å². The molecule has 45 heavy (non-hydrogen) atoms. The van der Waals surface area contributed by atoms with Gasteiger partial charge in [0.05, 0.1) is 0 Å². The SMILES string of the molecule is CC(C)(C)c1c[c-]c2c(c1)-c1cc(C(C)(C)C)ccc1C2.CCCCC1[C-]=CC(C(C)(C)C)=C1.Cl.Cl.[CH2]=[Zr].[CH3-].[c-]1ccccc1. The summed E-state index contributed by atoms with van der Waals surface area (Å²) >= 11 is 1.30. The third-order valence-corrected chi connectivity index (χ3v) is 7.70. The van der Waals surface area contributed by atoms with E-state index in [4.69, 9.17) is 0 Å². The van der Waals surface area contributed by atoms with Crippen LogP contribution in [0.2, 0.25) is 0 Å². The summed E-state index contributed by atoms with van der Waals surface area (Å²) in [7, 11) is 0. The fourth-order valence-corrected chi connectivity index (χ4v) is 4.89. The van der Waals surface area contributed by atoms with E-state index in [0.29, 0.717) is 11.3 Å². The van der Waals surface area contributed by atoms with Crippen LogP contribution in [-0.2, 0) is 41.5 Å². The molecular formula is C42H58Cl2Zr-4. The number of unbranched alkanes of at least 4 members (excludes halogenated alkanes) is 1. The first kappa shape index (κ1) is 45.6. The molecule has 0 radical (unpaired) electrons. The average molecular weight is 725 g/mol. The molecule has 5 rings (SSSR count). The van der Waals surface area contributed by atoms with Gasteiger partial charge in [0.1, 0.15) is 0 Å². The van der Waals surface area contributed by atoms with Gasteiger partial charge < -0.3 is 7.43 Å². The third kappa shape index (κ3) is 14.4. The van der Waals surface area contributed by atoms with Crippen molar-refractivity contribution in [2.75, 3.05) is 0 Å². The second kappa shape index (κ2) is 20.7. The van der Waals surface area contributed by atoms with E-state index in [1.165, 1.54) is 82.5 Å². The van der Waals surface area contributed by atoms with E-state index in [9.17, 15) is 0 Å². The smallest absolute Gasteiger partial charge is 0.171 e. The number of hydrogen-bond donors (Lipinski definition) is 0. The Kier molecular flexibility index (Phi) is 20.9. The molecule has 0 saturated heterocycles. The minimum Gasteiger partial charge on any atom is -0.358 e. The van der Waals surface area contributed by atoms with Gasteiger partial charge in [0.2, 0.25) is 0 Å². The van der Waals surface area contributed by atoms with Crippen molar-refractivity contribution in [2.45, 2.75) is 106 Å². The summed E-state index contributed by atoms with van der Waals surface area (Å²) < 4.78 is 3.34. The molecular weight excluding hydrogens is 667 g/mol. The number of halogens is 2. The molecule has 0 saturated carbocycles. The molecule has 0 bridgehead atoms. The summed E-state index contributed by atoms with van der Waals surface area (Å²) in [5.41, 5.74) is 10.5. The van der Waals surface area contributed by atoms with E-state index in [2.05, 4.69) is 134 Å². The molecule has 0 fully saturated rings. The van der Waals surface area contributed by atoms with Crippen LogP contribution in [-0.4, -0.2) is 4.21 Å². The Hall–Kier alpha value is -1.53. The first-order chi connectivity index (χ1) is 19.7. The molecule has 3 aromatic carbocycles. The molecule has 0 aliphatic heterocycles. The molecule has 2 aliphatic carbocycles. The zero-order valence-electron chi connectivity index (χ0n) is 29.9. The summed E-state index contributed by atoms with van der Waals surface area (Å²) in [6.45, 7) is 22.7. The Labute approximate surface area is 305 Å². The van der Waals surface area contributed by atoms with Crippen LogP contribution in [0.3, 0.4) is 0 Å². The standard InChI is InChI=1S/C21H25.C13H21.C6H5.CH3.CH2.2ClH.Zr/c1-20(2,3)16-9-7-14-11-15-8-10-17(21(4,5)6)13-19(15)18(14)12-16;1-5-6-7-11-8-9-12(10-11)13(2,3)4;1-2-4-6-5-3-1;;;;;/h7,9-10,12-13H,11H2,1-6H3;9-11H,5-7H2,1-4H3;1-5H;1H3;1H2;2*1H;/q4*-1;;;;. The number of benzene rings is 3. The molecule has 0 N–H and O–H groups in total. The molecule has 0 amide bonds. The van der Waals surface area contributed by atoms with Crippen LogP contribution in [0, 0.1) is 37.0 Å². The van der Waals surface area contributed by atoms with E-state index in [1.54, 1.807) is 0 Å². The van der Waals surface area contributed by atoms with Crippen molar-refractivity contribution in [1.29, 1.82) is 0 Å². The maximum Gasteiger partial charge on any atom is -0.171 e. The number of allylic oxidation sites excluding steroid dienone is 4. The average Bonchev–Trinajstić information content (AvgIpc) is 3.58. The molecule has 0 heterocycles. The minimum absolute atomic E-state index is 0. The summed E-state index contributed by atoms with van der Waals surface area (Å²) in [4.78, 5) is 0. The van der Waals surface area contributed by atoms with Crippen LogP contribution >= 0.6 is 24.8 Å². The molecule has 1 atom stereocenters. The van der Waals surface area contributed by atoms with Crippen molar-refractivity contribution < 1.29 is 24.2 Å². The quantitative estimate of drug-likeness (QED) is 0.185. The van der Waals surface area contributed by atoms with Crippen molar-refractivity contribution in [1.82, 2.24) is 0 Å². The summed E-state index contributed by atoms with van der Waals surface area (Å²) in [5.74, 6) is 0.592. The zero-order valence-corrected chi connectivity index (χ0v) is 33.9. The first-order valence-electron chi connectivity index (χ1n) is 15.5. The minimum atomic E-state index is 0. The Balaban J connectivity index is 0. The van der Waals surface area contributed by atoms with Gasteiger partial charge in [-0.25, -0.2) is 6.08 Å². The van der Waals surface area contributed by atoms with Gasteiger partial charge in [-0.2, -0.15) is 77.4 Å². The van der Waals surface area contributed by atoms with Crippen molar-refractivity contribution in [3.8, 4) is 11.1 Å². The monoisotopic (exact) mass is 722 g/mol. The Morgan fingerprint density at radius 3 is 1.82 bits per heavy atom. The predicted octanol–water partition coefficient (Wildman–Crippen LogP) is 12.5. The maximum absolute atomic E-state index is 3.53. The fraction of sp³-hybridized carbons (Fsp3) is 0.429. The number of fused-ring (bicyclic) bond motifs is 3. The first-order valence-corrected chi connectivity index (χ1v) is 17.2. The summed E-state index contributed by atoms with van der Waals surface area (Å²) in [6.07, 6.45) is 12.9. The second-order valence-electron chi connectivity index (χ2n) is 14.3. The molecule has 3 aromatic rings. The van der Waals surface area contributed by atoms with E-state index >= 15 is 0 Å². The van der Waals surface area contributed by atoms with Gasteiger partial charge in [-0.15, -0.1) is 30.4 Å². The van der Waals surface area contributed by atoms with Crippen LogP contribution in [0.1, 0.15) is 111 Å². The van der Waals surface area contributed by atoms with Gasteiger partial charge >= 0.3 is 28.4 Å². The van der Waals surface area contributed by atoms with E-state index in [0.717, 1.165) is 6.42 Å². The van der Waals surface area contributed by atoms with Crippen molar-refractivity contribution in [3.05, 3.63) is 126 Å². The number of hydrogen-bond acceptors (Lipinski definition) is 0. The van der Waals surface area contributed by atoms with Crippen LogP contribution in [0.4, 0.5) is 0 Å². The maximum atomic E-state index is 3.53. The summed E-state index contributed by atoms with van der Waals surface area (Å²) in [5, 5.41) is 0. The summed E-state index contributed by atoms with van der Waals surface area (Å²) in [6, 6.07) is 27.6. The molecule has 248 valence electrons. The van der Waals surface area contributed by atoms with E-state index < -0.39 is 0 Å². The molecule has 2 aliphatic rings. The normalized spacial score (nSPS) is 14.1. The predicted molar refractivity (Wildman–Crippen MR) is 203 cm³/mol. The van der Waals surface area contributed by atoms with Gasteiger partial charge in [0.25, 0.3) is 0 Å². The van der Waals surface area contributed by atoms with Crippen LogP contribution in [0.15, 0.2) is 78.4 Å². The topological polar surface area (TPSA) is 0 Å². The molecule has 3 heteroatoms. The van der Waals surface area contributed by atoms with Crippen LogP contribution < -0.4 is 0 Å². The van der Waals surface area contributed by atoms with Crippen molar-refractivity contribution in [2.24, 2.45) is 11.3 Å². The van der Waals surface area contributed by atoms with Gasteiger partial charge in [0, 0.05) is 0 Å². The Bertz CT molecular complexity index is 1230. The third-order valence-electron chi connectivity index (χ3n) is 7.70. The molecule has 0 nitrogen and oxygen atoms in total. The zero-order chi connectivity index (χ0) is 31.6. The van der Waals surface area contributed by atoms with E-state index in [-0.39, 0.29) is 43.1 Å². The Morgan fingerprint density at radius 2 is 1.38 bits per heavy atom. The van der Waals surface area contributed by atoms with Gasteiger partial charge in [0.15, 0.2) is 0 Å². The van der Waals surface area contributed by atoms with Crippen molar-refractivity contribution >= 4 is 29.0 Å². The largest absolute Gasteiger partial charge is 0.358 e. The molecule has 0 aromatic heterocycles. The number of rotatable bonds is 3. The Morgan fingerprint density at radius 1 is 0.800 bits per heavy atom.